The van der Waals surface area contributed by atoms with Crippen LogP contribution >= 0.6 is 11.3 Å². The Hall–Kier alpha value is -4.12. The van der Waals surface area contributed by atoms with Gasteiger partial charge < -0.3 is 9.47 Å². The minimum Gasteiger partial charge on any atom is -0.434 e. The van der Waals surface area contributed by atoms with Gasteiger partial charge in [0.15, 0.2) is 0 Å². The predicted molar refractivity (Wildman–Crippen MR) is 117 cm³/mol. The van der Waals surface area contributed by atoms with Gasteiger partial charge >= 0.3 is 6.16 Å². The van der Waals surface area contributed by atoms with Gasteiger partial charge in [0.2, 0.25) is 5.13 Å². The standard InChI is InChI=1S/C22H18N4O6S/c1-2-31-22(30)32-14-9-7-13(8-10-14)18(27)23-21-25-24-17(33-21)11-12-26-19(28)15-5-3-4-6-16(15)20(26)29/h3-10H,2,11-12H2,1H3,(H,23,25,27). The van der Waals surface area contributed by atoms with E-state index in [1.165, 1.54) is 29.2 Å². The summed E-state index contributed by atoms with van der Waals surface area (Å²) in [5.41, 5.74) is 1.12. The molecule has 0 bridgehead atoms. The van der Waals surface area contributed by atoms with Crippen LogP contribution in [0.3, 0.4) is 0 Å². The Morgan fingerprint density at radius 1 is 1.00 bits per heavy atom. The Morgan fingerprint density at radius 2 is 1.67 bits per heavy atom. The highest BCUT2D eigenvalue weighted by Gasteiger charge is 2.34. The van der Waals surface area contributed by atoms with E-state index in [1.807, 2.05) is 0 Å². The molecule has 0 radical (unpaired) electrons. The number of imide groups is 1. The van der Waals surface area contributed by atoms with E-state index in [9.17, 15) is 19.2 Å². The average Bonchev–Trinajstić information content (AvgIpc) is 3.35. The lowest BCUT2D eigenvalue weighted by Crippen LogP contribution is -2.31. The van der Waals surface area contributed by atoms with Crippen LogP contribution in [0.4, 0.5) is 9.93 Å². The van der Waals surface area contributed by atoms with E-state index in [0.717, 1.165) is 11.3 Å². The number of hydrogen-bond donors (Lipinski definition) is 1. The second-order valence-electron chi connectivity index (χ2n) is 6.82. The Bertz CT molecular complexity index is 1190. The van der Waals surface area contributed by atoms with Gasteiger partial charge in [-0.2, -0.15) is 0 Å². The molecule has 0 atom stereocenters. The first-order valence-corrected chi connectivity index (χ1v) is 10.8. The SMILES string of the molecule is CCOC(=O)Oc1ccc(C(=O)Nc2nnc(CCN3C(=O)c4ccccc4C3=O)s2)cc1. The zero-order valence-electron chi connectivity index (χ0n) is 17.4. The summed E-state index contributed by atoms with van der Waals surface area (Å²) in [6, 6.07) is 12.6. The zero-order valence-corrected chi connectivity index (χ0v) is 18.3. The van der Waals surface area contributed by atoms with Crippen molar-refractivity contribution in [2.75, 3.05) is 18.5 Å². The van der Waals surface area contributed by atoms with E-state index in [4.69, 9.17) is 9.47 Å². The zero-order chi connectivity index (χ0) is 23.4. The second-order valence-corrected chi connectivity index (χ2v) is 7.88. The minimum absolute atomic E-state index is 0.164. The number of amides is 3. The lowest BCUT2D eigenvalue weighted by Gasteiger charge is -2.12. The summed E-state index contributed by atoms with van der Waals surface area (Å²) in [6.45, 7) is 2.02. The van der Waals surface area contributed by atoms with Crippen LogP contribution in [0, 0.1) is 0 Å². The fourth-order valence-corrected chi connectivity index (χ4v) is 3.87. The predicted octanol–water partition coefficient (Wildman–Crippen LogP) is 3.16. The van der Waals surface area contributed by atoms with Gasteiger partial charge in [-0.25, -0.2) is 4.79 Å². The highest BCUT2D eigenvalue weighted by atomic mass is 32.1. The van der Waals surface area contributed by atoms with Crippen molar-refractivity contribution in [3.63, 3.8) is 0 Å². The van der Waals surface area contributed by atoms with E-state index in [2.05, 4.69) is 15.5 Å². The molecular weight excluding hydrogens is 448 g/mol. The van der Waals surface area contributed by atoms with Gasteiger partial charge in [0.25, 0.3) is 17.7 Å². The molecule has 33 heavy (non-hydrogen) atoms. The number of carbonyl (C=O) groups excluding carboxylic acids is 4. The summed E-state index contributed by atoms with van der Waals surface area (Å²) in [7, 11) is 0. The molecule has 0 spiro atoms. The molecule has 168 valence electrons. The van der Waals surface area contributed by atoms with Gasteiger partial charge in [0.05, 0.1) is 17.7 Å². The van der Waals surface area contributed by atoms with E-state index in [0.29, 0.717) is 28.1 Å². The Labute approximate surface area is 192 Å². The van der Waals surface area contributed by atoms with Crippen LogP contribution < -0.4 is 10.1 Å². The van der Waals surface area contributed by atoms with E-state index in [1.54, 1.807) is 31.2 Å². The number of aromatic nitrogens is 2. The number of hydrogen-bond acceptors (Lipinski definition) is 9. The van der Waals surface area contributed by atoms with E-state index >= 15 is 0 Å². The van der Waals surface area contributed by atoms with Gasteiger partial charge in [-0.3, -0.25) is 24.6 Å². The molecule has 1 N–H and O–H groups in total. The maximum atomic E-state index is 12.4. The molecule has 1 aliphatic heterocycles. The molecule has 3 amide bonds. The van der Waals surface area contributed by atoms with Crippen LogP contribution in [0.5, 0.6) is 5.75 Å². The number of nitrogens with zero attached hydrogens (tertiary/aromatic N) is 3. The molecule has 10 nitrogen and oxygen atoms in total. The van der Waals surface area contributed by atoms with Crippen LogP contribution in [-0.2, 0) is 11.2 Å². The summed E-state index contributed by atoms with van der Waals surface area (Å²) < 4.78 is 9.64. The smallest absolute Gasteiger partial charge is 0.434 e. The molecule has 0 saturated heterocycles. The Kier molecular flexibility index (Phi) is 6.41. The van der Waals surface area contributed by atoms with Crippen LogP contribution in [0.25, 0.3) is 0 Å². The first-order valence-electron chi connectivity index (χ1n) is 10.00. The quantitative estimate of drug-likeness (QED) is 0.319. The van der Waals surface area contributed by atoms with Gasteiger partial charge in [0.1, 0.15) is 10.8 Å². The van der Waals surface area contributed by atoms with Crippen molar-refractivity contribution in [1.82, 2.24) is 15.1 Å². The largest absolute Gasteiger partial charge is 0.513 e. The maximum Gasteiger partial charge on any atom is 0.513 e. The molecule has 11 heteroatoms. The number of anilines is 1. The van der Waals surface area contributed by atoms with Crippen LogP contribution in [0.2, 0.25) is 0 Å². The van der Waals surface area contributed by atoms with Crippen LogP contribution in [0.1, 0.15) is 43.0 Å². The van der Waals surface area contributed by atoms with Crippen molar-refractivity contribution in [3.8, 4) is 5.75 Å². The molecule has 4 rings (SSSR count). The Morgan fingerprint density at radius 3 is 2.30 bits per heavy atom. The molecule has 2 heterocycles. The van der Waals surface area contributed by atoms with Crippen molar-refractivity contribution >= 4 is 40.3 Å². The number of rotatable bonds is 7. The summed E-state index contributed by atoms with van der Waals surface area (Å²) in [6.07, 6.45) is -0.504. The fourth-order valence-electron chi connectivity index (χ4n) is 3.14. The highest BCUT2D eigenvalue weighted by molar-refractivity contribution is 7.15. The lowest BCUT2D eigenvalue weighted by molar-refractivity contribution is 0.0655. The van der Waals surface area contributed by atoms with Crippen molar-refractivity contribution < 1.29 is 28.7 Å². The van der Waals surface area contributed by atoms with Crippen molar-refractivity contribution in [3.05, 3.63) is 70.2 Å². The Balaban J connectivity index is 1.32. The third-order valence-corrected chi connectivity index (χ3v) is 5.59. The summed E-state index contributed by atoms with van der Waals surface area (Å²) in [4.78, 5) is 49.8. The van der Waals surface area contributed by atoms with Crippen LogP contribution in [-0.4, -0.2) is 52.1 Å². The monoisotopic (exact) mass is 466 g/mol. The first kappa shape index (κ1) is 22.1. The molecule has 3 aromatic rings. The number of fused-ring (bicyclic) bond motifs is 1. The fraction of sp³-hybridized carbons (Fsp3) is 0.182. The minimum atomic E-state index is -0.822. The van der Waals surface area contributed by atoms with Crippen molar-refractivity contribution in [1.29, 1.82) is 0 Å². The summed E-state index contributed by atoms with van der Waals surface area (Å²) in [5, 5.41) is 11.5. The second kappa shape index (κ2) is 9.57. The number of benzene rings is 2. The summed E-state index contributed by atoms with van der Waals surface area (Å²) >= 11 is 1.15. The molecule has 1 aromatic heterocycles. The number of nitrogens with one attached hydrogen (secondary N) is 1. The molecule has 1 aliphatic rings. The van der Waals surface area contributed by atoms with E-state index in [-0.39, 0.29) is 35.8 Å². The number of ether oxygens (including phenoxy) is 2. The van der Waals surface area contributed by atoms with Crippen molar-refractivity contribution in [2.24, 2.45) is 0 Å². The third-order valence-electron chi connectivity index (χ3n) is 4.69. The molecule has 0 fully saturated rings. The average molecular weight is 466 g/mol. The van der Waals surface area contributed by atoms with Crippen molar-refractivity contribution in [2.45, 2.75) is 13.3 Å². The normalized spacial score (nSPS) is 12.5. The molecule has 0 saturated carbocycles. The number of carbonyl (C=O) groups is 4. The van der Waals surface area contributed by atoms with E-state index < -0.39 is 12.1 Å². The third kappa shape index (κ3) is 4.88. The van der Waals surface area contributed by atoms with Gasteiger partial charge in [-0.05, 0) is 43.3 Å². The van der Waals surface area contributed by atoms with Gasteiger partial charge in [0, 0.05) is 18.5 Å². The highest BCUT2D eigenvalue weighted by Crippen LogP contribution is 2.24. The summed E-state index contributed by atoms with van der Waals surface area (Å²) in [5.74, 6) is -0.829. The van der Waals surface area contributed by atoms with Gasteiger partial charge in [-0.1, -0.05) is 23.5 Å². The molecule has 2 aromatic carbocycles. The molecule has 0 unspecified atom stereocenters. The first-order chi connectivity index (χ1) is 16.0. The van der Waals surface area contributed by atoms with Crippen LogP contribution in [0.15, 0.2) is 48.5 Å². The van der Waals surface area contributed by atoms with Gasteiger partial charge in [-0.15, -0.1) is 10.2 Å². The topological polar surface area (TPSA) is 128 Å². The molecule has 0 aliphatic carbocycles. The lowest BCUT2D eigenvalue weighted by atomic mass is 10.1. The molecular formula is C22H18N4O6S. The maximum absolute atomic E-state index is 12.4.